The molecule has 0 aromatic heterocycles. The maximum Gasteiger partial charge on any atom is 0.309 e. The van der Waals surface area contributed by atoms with E-state index in [4.69, 9.17) is 15.9 Å². The first kappa shape index (κ1) is 19.0. The Morgan fingerprint density at radius 3 is 2.59 bits per heavy atom. The summed E-state index contributed by atoms with van der Waals surface area (Å²) in [7, 11) is 0. The number of carbonyl (C=O) groups is 1. The smallest absolute Gasteiger partial charge is 0.309 e. The molecule has 0 amide bonds. The number of hydrogen-bond acceptors (Lipinski definition) is 5. The monoisotopic (exact) mass is 311 g/mol. The number of esters is 1. The fourth-order valence-corrected chi connectivity index (χ4v) is 2.49. The highest BCUT2D eigenvalue weighted by molar-refractivity contribution is 5.72. The molecule has 2 atom stereocenters. The van der Waals surface area contributed by atoms with Gasteiger partial charge in [0.2, 0.25) is 0 Å². The summed E-state index contributed by atoms with van der Waals surface area (Å²) in [6.07, 6.45) is 7.15. The van der Waals surface area contributed by atoms with Crippen LogP contribution < -0.4 is 0 Å². The minimum absolute atomic E-state index is 0.00517. The lowest BCUT2D eigenvalue weighted by atomic mass is 9.97. The lowest BCUT2D eigenvalue weighted by molar-refractivity contribution is -0.149. The van der Waals surface area contributed by atoms with Gasteiger partial charge in [-0.25, -0.2) is 0 Å². The van der Waals surface area contributed by atoms with Gasteiger partial charge in [-0.2, -0.15) is 0 Å². The van der Waals surface area contributed by atoms with E-state index < -0.39 is 11.7 Å². The normalized spacial score (nSPS) is 20.9. The summed E-state index contributed by atoms with van der Waals surface area (Å²) in [6, 6.07) is 0. The predicted molar refractivity (Wildman–Crippen MR) is 85.3 cm³/mol. The van der Waals surface area contributed by atoms with E-state index in [2.05, 4.69) is 10.8 Å². The summed E-state index contributed by atoms with van der Waals surface area (Å²) in [4.78, 5) is 13.8. The summed E-state index contributed by atoms with van der Waals surface area (Å²) in [5.41, 5.74) is -0.613. The highest BCUT2D eigenvalue weighted by Crippen LogP contribution is 2.19. The molecule has 0 aromatic carbocycles. The van der Waals surface area contributed by atoms with Crippen molar-refractivity contribution < 1.29 is 19.4 Å². The predicted octanol–water partition coefficient (Wildman–Crippen LogP) is 1.44. The molecule has 0 aliphatic carbocycles. The van der Waals surface area contributed by atoms with Crippen LogP contribution in [0.2, 0.25) is 0 Å². The third kappa shape index (κ3) is 5.96. The molecule has 0 radical (unpaired) electrons. The van der Waals surface area contributed by atoms with Crippen LogP contribution in [-0.2, 0) is 14.3 Å². The molecule has 0 spiro atoms. The second-order valence-corrected chi connectivity index (χ2v) is 6.02. The molecule has 1 heterocycles. The zero-order valence-corrected chi connectivity index (χ0v) is 14.0. The van der Waals surface area contributed by atoms with Crippen LogP contribution in [0.3, 0.4) is 0 Å². The molecule has 0 aromatic rings. The van der Waals surface area contributed by atoms with Crippen molar-refractivity contribution in [2.75, 3.05) is 32.8 Å². The van der Waals surface area contributed by atoms with Crippen LogP contribution in [0, 0.1) is 18.3 Å². The van der Waals surface area contributed by atoms with E-state index >= 15 is 0 Å². The van der Waals surface area contributed by atoms with Crippen molar-refractivity contribution in [3.8, 4) is 12.3 Å². The number of terminal acetylenes is 1. The van der Waals surface area contributed by atoms with Gasteiger partial charge in [0, 0.05) is 6.54 Å². The van der Waals surface area contributed by atoms with Crippen molar-refractivity contribution in [2.24, 2.45) is 5.92 Å². The number of aliphatic hydroxyl groups excluding tert-OH is 1. The van der Waals surface area contributed by atoms with Gasteiger partial charge < -0.3 is 19.5 Å². The molecule has 1 aliphatic heterocycles. The Morgan fingerprint density at radius 1 is 1.45 bits per heavy atom. The quantitative estimate of drug-likeness (QED) is 0.543. The molecule has 5 nitrogen and oxygen atoms in total. The summed E-state index contributed by atoms with van der Waals surface area (Å²) >= 11 is 0. The maximum atomic E-state index is 11.7. The first-order valence-electron chi connectivity index (χ1n) is 8.12. The van der Waals surface area contributed by atoms with Crippen LogP contribution in [0.25, 0.3) is 0 Å². The van der Waals surface area contributed by atoms with Gasteiger partial charge in [0.05, 0.1) is 25.2 Å². The number of nitrogens with zero attached hydrogens (tertiary/aromatic N) is 1. The van der Waals surface area contributed by atoms with Gasteiger partial charge in [0.1, 0.15) is 5.60 Å². The van der Waals surface area contributed by atoms with Crippen molar-refractivity contribution in [1.29, 1.82) is 0 Å². The van der Waals surface area contributed by atoms with Gasteiger partial charge in [-0.15, -0.1) is 6.42 Å². The summed E-state index contributed by atoms with van der Waals surface area (Å²) < 4.78 is 10.7. The van der Waals surface area contributed by atoms with Crippen molar-refractivity contribution in [3.05, 3.63) is 0 Å². The third-order valence-corrected chi connectivity index (χ3v) is 4.25. The number of rotatable bonds is 8. The Hall–Kier alpha value is -1.09. The Bertz CT molecular complexity index is 385. The second-order valence-electron chi connectivity index (χ2n) is 6.02. The SMILES string of the molecule is C#C[C@](C)(CC)OC[C@@H](O)CN1CCC(C(=O)OCC)CC1. The van der Waals surface area contributed by atoms with Crippen molar-refractivity contribution in [3.63, 3.8) is 0 Å². The summed E-state index contributed by atoms with van der Waals surface area (Å²) in [5, 5.41) is 10.1. The second kappa shape index (κ2) is 9.14. The number of ether oxygens (including phenoxy) is 2. The summed E-state index contributed by atoms with van der Waals surface area (Å²) in [6.45, 7) is 8.43. The highest BCUT2D eigenvalue weighted by Gasteiger charge is 2.27. The molecule has 1 fully saturated rings. The molecular formula is C17H29NO4. The average Bonchev–Trinajstić information content (AvgIpc) is 2.53. The van der Waals surface area contributed by atoms with Gasteiger partial charge in [-0.05, 0) is 46.2 Å². The number of carbonyl (C=O) groups excluding carboxylic acids is 1. The van der Waals surface area contributed by atoms with E-state index in [9.17, 15) is 9.90 Å². The van der Waals surface area contributed by atoms with Crippen LogP contribution in [0.1, 0.15) is 40.0 Å². The van der Waals surface area contributed by atoms with Crippen molar-refractivity contribution >= 4 is 5.97 Å². The number of likely N-dealkylation sites (tertiary alicyclic amines) is 1. The number of β-amino-alcohol motifs (C(OH)–C–C–N with tert-alkyl or cyclic N) is 1. The zero-order chi connectivity index (χ0) is 16.6. The number of hydrogen-bond donors (Lipinski definition) is 1. The largest absolute Gasteiger partial charge is 0.466 e. The van der Waals surface area contributed by atoms with Crippen LogP contribution >= 0.6 is 0 Å². The van der Waals surface area contributed by atoms with Gasteiger partial charge in [0.15, 0.2) is 0 Å². The van der Waals surface area contributed by atoms with Crippen molar-refractivity contribution in [1.82, 2.24) is 4.90 Å². The number of aliphatic hydroxyl groups is 1. The third-order valence-electron chi connectivity index (χ3n) is 4.25. The van der Waals surface area contributed by atoms with Gasteiger partial charge >= 0.3 is 5.97 Å². The highest BCUT2D eigenvalue weighted by atomic mass is 16.5. The van der Waals surface area contributed by atoms with Crippen LogP contribution in [-0.4, -0.2) is 60.5 Å². The molecule has 5 heteroatoms. The topological polar surface area (TPSA) is 59.0 Å². The molecule has 0 bridgehead atoms. The fraction of sp³-hybridized carbons (Fsp3) is 0.824. The molecule has 0 saturated carbocycles. The van der Waals surface area contributed by atoms with Crippen LogP contribution in [0.5, 0.6) is 0 Å². The Balaban J connectivity index is 2.29. The molecule has 1 N–H and O–H groups in total. The first-order chi connectivity index (χ1) is 10.4. The van der Waals surface area contributed by atoms with Gasteiger partial charge in [-0.1, -0.05) is 12.8 Å². The fourth-order valence-electron chi connectivity index (χ4n) is 2.49. The molecule has 1 saturated heterocycles. The number of piperidine rings is 1. The van der Waals surface area contributed by atoms with Gasteiger partial charge in [-0.3, -0.25) is 4.79 Å². The standard InChI is InChI=1S/C17H29NO4/c1-5-17(4,6-2)22-13-15(19)12-18-10-8-14(9-11-18)16(20)21-7-3/h1,14-15,19H,6-13H2,2-4H3/t15-,17+/m0/s1. The Kier molecular flexibility index (Phi) is 7.88. The van der Waals surface area contributed by atoms with E-state index in [0.717, 1.165) is 25.9 Å². The molecule has 0 unspecified atom stereocenters. The zero-order valence-electron chi connectivity index (χ0n) is 14.0. The van der Waals surface area contributed by atoms with E-state index in [1.807, 2.05) is 20.8 Å². The minimum atomic E-state index is -0.613. The lowest BCUT2D eigenvalue weighted by Gasteiger charge is -2.32. The van der Waals surface area contributed by atoms with Crippen molar-refractivity contribution in [2.45, 2.75) is 51.7 Å². The molecular weight excluding hydrogens is 282 g/mol. The molecule has 1 rings (SSSR count). The van der Waals surface area contributed by atoms with Crippen LogP contribution in [0.4, 0.5) is 0 Å². The molecule has 126 valence electrons. The van der Waals surface area contributed by atoms with E-state index in [0.29, 0.717) is 19.6 Å². The summed E-state index contributed by atoms with van der Waals surface area (Å²) in [5.74, 6) is 2.52. The average molecular weight is 311 g/mol. The first-order valence-corrected chi connectivity index (χ1v) is 8.12. The minimum Gasteiger partial charge on any atom is -0.466 e. The Morgan fingerprint density at radius 2 is 2.09 bits per heavy atom. The maximum absolute atomic E-state index is 11.7. The van der Waals surface area contributed by atoms with Gasteiger partial charge in [0.25, 0.3) is 0 Å². The molecule has 22 heavy (non-hydrogen) atoms. The Labute approximate surface area is 134 Å². The molecule has 1 aliphatic rings. The van der Waals surface area contributed by atoms with E-state index in [1.165, 1.54) is 0 Å². The van der Waals surface area contributed by atoms with E-state index in [-0.39, 0.29) is 18.5 Å². The van der Waals surface area contributed by atoms with Crippen LogP contribution in [0.15, 0.2) is 0 Å². The van der Waals surface area contributed by atoms with E-state index in [1.54, 1.807) is 0 Å². The lowest BCUT2D eigenvalue weighted by Crippen LogP contribution is -2.43.